The van der Waals surface area contributed by atoms with Crippen molar-refractivity contribution in [2.75, 3.05) is 17.8 Å². The maximum absolute atomic E-state index is 12.6. The number of fused-ring (bicyclic) bond motifs is 1. The first-order valence-electron chi connectivity index (χ1n) is 8.31. The molecule has 8 heteroatoms. The highest BCUT2D eigenvalue weighted by molar-refractivity contribution is 7.92. The van der Waals surface area contributed by atoms with Crippen LogP contribution in [0.1, 0.15) is 23.3 Å². The van der Waals surface area contributed by atoms with Gasteiger partial charge in [0.2, 0.25) is 0 Å². The predicted octanol–water partition coefficient (Wildman–Crippen LogP) is 2.86. The second kappa shape index (κ2) is 6.45. The summed E-state index contributed by atoms with van der Waals surface area (Å²) < 4.78 is 33.0. The van der Waals surface area contributed by atoms with Crippen LogP contribution in [0.25, 0.3) is 11.0 Å². The summed E-state index contributed by atoms with van der Waals surface area (Å²) in [5.74, 6) is -0.230. The van der Waals surface area contributed by atoms with E-state index in [9.17, 15) is 13.2 Å². The summed E-state index contributed by atoms with van der Waals surface area (Å²) in [6.45, 7) is 1.36. The lowest BCUT2D eigenvalue weighted by molar-refractivity contribution is 0.0784. The third-order valence-corrected chi connectivity index (χ3v) is 5.75. The Morgan fingerprint density at radius 2 is 1.81 bits per heavy atom. The zero-order valence-corrected chi connectivity index (χ0v) is 14.7. The quantitative estimate of drug-likeness (QED) is 0.761. The molecule has 0 atom stereocenters. The Labute approximate surface area is 150 Å². The molecular weight excluding hydrogens is 354 g/mol. The van der Waals surface area contributed by atoms with Crippen molar-refractivity contribution in [2.45, 2.75) is 17.7 Å². The van der Waals surface area contributed by atoms with Crippen molar-refractivity contribution >= 4 is 32.6 Å². The molecule has 0 unspecified atom stereocenters. The van der Waals surface area contributed by atoms with Crippen molar-refractivity contribution in [2.24, 2.45) is 0 Å². The Hall–Kier alpha value is -2.87. The number of hydrogen-bond acceptors (Lipinski definition) is 5. The van der Waals surface area contributed by atoms with Crippen molar-refractivity contribution in [1.29, 1.82) is 0 Å². The van der Waals surface area contributed by atoms with Gasteiger partial charge < -0.3 is 9.42 Å². The van der Waals surface area contributed by atoms with Crippen LogP contribution in [0, 0.1) is 0 Å². The van der Waals surface area contributed by atoms with Gasteiger partial charge in [-0.25, -0.2) is 8.42 Å². The van der Waals surface area contributed by atoms with E-state index in [-0.39, 0.29) is 16.5 Å². The van der Waals surface area contributed by atoms with Gasteiger partial charge in [0.25, 0.3) is 15.9 Å². The molecule has 1 N–H and O–H groups in total. The number of carbonyl (C=O) groups is 1. The van der Waals surface area contributed by atoms with Crippen molar-refractivity contribution in [3.8, 4) is 0 Å². The summed E-state index contributed by atoms with van der Waals surface area (Å²) in [7, 11) is -3.79. The Morgan fingerprint density at radius 1 is 1.08 bits per heavy atom. The molecule has 1 aliphatic heterocycles. The minimum atomic E-state index is -3.79. The molecular formula is C18H17N3O4S. The van der Waals surface area contributed by atoms with Crippen molar-refractivity contribution in [1.82, 2.24) is 10.1 Å². The van der Waals surface area contributed by atoms with E-state index in [4.69, 9.17) is 4.52 Å². The molecule has 7 nitrogen and oxygen atoms in total. The third-order valence-electron chi connectivity index (χ3n) is 4.37. The molecule has 0 aliphatic carbocycles. The number of aromatic nitrogens is 1. The zero-order chi connectivity index (χ0) is 18.1. The van der Waals surface area contributed by atoms with Gasteiger partial charge in [-0.3, -0.25) is 9.52 Å². The molecule has 26 heavy (non-hydrogen) atoms. The van der Waals surface area contributed by atoms with Crippen LogP contribution in [0.3, 0.4) is 0 Å². The van der Waals surface area contributed by atoms with Crippen molar-refractivity contribution in [3.63, 3.8) is 0 Å². The van der Waals surface area contributed by atoms with E-state index in [0.717, 1.165) is 12.8 Å². The van der Waals surface area contributed by atoms with Gasteiger partial charge in [-0.05, 0) is 43.2 Å². The molecule has 1 amide bonds. The first-order chi connectivity index (χ1) is 12.5. The van der Waals surface area contributed by atoms with E-state index in [2.05, 4.69) is 9.88 Å². The minimum absolute atomic E-state index is 0.0486. The number of sulfonamides is 1. The summed E-state index contributed by atoms with van der Waals surface area (Å²) in [5.41, 5.74) is 0.996. The second-order valence-electron chi connectivity index (χ2n) is 6.16. The Bertz CT molecular complexity index is 1050. The van der Waals surface area contributed by atoms with Gasteiger partial charge in [-0.1, -0.05) is 23.4 Å². The summed E-state index contributed by atoms with van der Waals surface area (Å²) >= 11 is 0. The van der Waals surface area contributed by atoms with Crippen LogP contribution in [-0.2, 0) is 10.0 Å². The van der Waals surface area contributed by atoms with Gasteiger partial charge in [-0.2, -0.15) is 0 Å². The number of benzene rings is 2. The maximum atomic E-state index is 12.6. The second-order valence-corrected chi connectivity index (χ2v) is 7.84. The van der Waals surface area contributed by atoms with Crippen LogP contribution >= 0.6 is 0 Å². The molecule has 1 aromatic heterocycles. The van der Waals surface area contributed by atoms with E-state index in [1.807, 2.05) is 0 Å². The summed E-state index contributed by atoms with van der Waals surface area (Å²) in [4.78, 5) is 14.4. The first kappa shape index (κ1) is 16.6. The highest BCUT2D eigenvalue weighted by Gasteiger charge is 2.26. The van der Waals surface area contributed by atoms with Crippen LogP contribution < -0.4 is 4.72 Å². The molecule has 0 radical (unpaired) electrons. The van der Waals surface area contributed by atoms with Crippen molar-refractivity contribution in [3.05, 3.63) is 54.2 Å². The molecule has 0 bridgehead atoms. The fourth-order valence-electron chi connectivity index (χ4n) is 3.03. The van der Waals surface area contributed by atoms with Gasteiger partial charge in [-0.15, -0.1) is 0 Å². The smallest absolute Gasteiger partial charge is 0.276 e. The summed E-state index contributed by atoms with van der Waals surface area (Å²) in [6.07, 6.45) is 1.92. The lowest BCUT2D eigenvalue weighted by Crippen LogP contribution is -2.28. The highest BCUT2D eigenvalue weighted by atomic mass is 32.2. The van der Waals surface area contributed by atoms with E-state index in [1.165, 1.54) is 18.2 Å². The molecule has 0 saturated carbocycles. The lowest BCUT2D eigenvalue weighted by atomic mass is 10.2. The average Bonchev–Trinajstić information content (AvgIpc) is 3.31. The average molecular weight is 371 g/mol. The van der Waals surface area contributed by atoms with Gasteiger partial charge in [0.05, 0.1) is 10.3 Å². The lowest BCUT2D eigenvalue weighted by Gasteiger charge is -2.13. The van der Waals surface area contributed by atoms with Gasteiger partial charge in [0.1, 0.15) is 0 Å². The molecule has 0 spiro atoms. The molecule has 134 valence electrons. The molecule has 2 aromatic carbocycles. The van der Waals surface area contributed by atoms with Crippen LogP contribution in [0.2, 0.25) is 0 Å². The fraction of sp³-hybridized carbons (Fsp3) is 0.222. The topological polar surface area (TPSA) is 92.5 Å². The van der Waals surface area contributed by atoms with Crippen molar-refractivity contribution < 1.29 is 17.7 Å². The molecule has 1 aliphatic rings. The van der Waals surface area contributed by atoms with Gasteiger partial charge >= 0.3 is 0 Å². The predicted molar refractivity (Wildman–Crippen MR) is 96.4 cm³/mol. The van der Waals surface area contributed by atoms with Crippen LogP contribution in [-0.4, -0.2) is 37.5 Å². The molecule has 1 fully saturated rings. The van der Waals surface area contributed by atoms with Crippen LogP contribution in [0.4, 0.5) is 5.69 Å². The highest BCUT2D eigenvalue weighted by Crippen LogP contribution is 2.25. The number of rotatable bonds is 4. The first-order valence-corrected chi connectivity index (χ1v) is 9.79. The number of nitrogens with one attached hydrogen (secondary N) is 1. The Balaban J connectivity index is 1.70. The Morgan fingerprint density at radius 3 is 2.54 bits per heavy atom. The van der Waals surface area contributed by atoms with Gasteiger partial charge in [0, 0.05) is 18.8 Å². The molecule has 2 heterocycles. The molecule has 1 saturated heterocycles. The SMILES string of the molecule is O=C(c1noc2ccc(S(=O)(=O)Nc3ccccc3)cc12)N1CCCC1. The van der Waals surface area contributed by atoms with E-state index in [0.29, 0.717) is 29.7 Å². The van der Waals surface area contributed by atoms with E-state index in [1.54, 1.807) is 35.2 Å². The minimum Gasteiger partial charge on any atom is -0.355 e. The molecule has 4 rings (SSSR count). The number of anilines is 1. The summed E-state index contributed by atoms with van der Waals surface area (Å²) in [5, 5.41) is 4.27. The number of hydrogen-bond donors (Lipinski definition) is 1. The number of nitrogens with zero attached hydrogens (tertiary/aromatic N) is 2. The number of para-hydroxylation sites is 1. The summed E-state index contributed by atoms with van der Waals surface area (Å²) in [6, 6.07) is 13.0. The number of carbonyl (C=O) groups excluding carboxylic acids is 1. The Kier molecular flexibility index (Phi) is 4.12. The third kappa shape index (κ3) is 3.03. The maximum Gasteiger partial charge on any atom is 0.276 e. The standard InChI is InChI=1S/C18H17N3O4S/c22-18(21-10-4-5-11-21)17-15-12-14(8-9-16(15)25-19-17)26(23,24)20-13-6-2-1-3-7-13/h1-3,6-9,12,20H,4-5,10-11H2. The number of amides is 1. The van der Waals surface area contributed by atoms with Crippen LogP contribution in [0.5, 0.6) is 0 Å². The van der Waals surface area contributed by atoms with E-state index < -0.39 is 10.0 Å². The largest absolute Gasteiger partial charge is 0.355 e. The zero-order valence-electron chi connectivity index (χ0n) is 13.9. The molecule has 3 aromatic rings. The normalized spacial score (nSPS) is 14.7. The monoisotopic (exact) mass is 371 g/mol. The van der Waals surface area contributed by atoms with Crippen LogP contribution in [0.15, 0.2) is 57.9 Å². The van der Waals surface area contributed by atoms with Gasteiger partial charge in [0.15, 0.2) is 11.3 Å². The van der Waals surface area contributed by atoms with E-state index >= 15 is 0 Å². The number of likely N-dealkylation sites (tertiary alicyclic amines) is 1. The fourth-order valence-corrected chi connectivity index (χ4v) is 4.11.